The Morgan fingerprint density at radius 2 is 1.85 bits per heavy atom. The summed E-state index contributed by atoms with van der Waals surface area (Å²) in [4.78, 5) is 12.6. The number of carbonyl (C=O) groups excluding carboxylic acids is 1. The van der Waals surface area contributed by atoms with E-state index in [2.05, 4.69) is 5.32 Å². The standard InChI is InChI=1S/C17H17ClF2N2O4S/c1-10(17(23)21-15-8-11(18)4-7-16(15)26-2)22(27(3,24)25)12-5-6-13(19)14(20)9-12/h4-10H,1-3H3,(H,21,23)/t10-/m1/s1. The summed E-state index contributed by atoms with van der Waals surface area (Å²) in [6.45, 7) is 1.31. The highest BCUT2D eigenvalue weighted by Gasteiger charge is 2.30. The molecule has 1 amide bonds. The molecular weight excluding hydrogens is 402 g/mol. The molecule has 0 aliphatic heterocycles. The number of benzene rings is 2. The van der Waals surface area contributed by atoms with E-state index < -0.39 is 33.6 Å². The quantitative estimate of drug-likeness (QED) is 0.779. The van der Waals surface area contributed by atoms with Crippen LogP contribution in [-0.2, 0) is 14.8 Å². The lowest BCUT2D eigenvalue weighted by molar-refractivity contribution is -0.116. The molecule has 27 heavy (non-hydrogen) atoms. The van der Waals surface area contributed by atoms with Crippen molar-refractivity contribution in [3.63, 3.8) is 0 Å². The van der Waals surface area contributed by atoms with Gasteiger partial charge in [0.25, 0.3) is 0 Å². The second kappa shape index (κ2) is 8.10. The molecule has 6 nitrogen and oxygen atoms in total. The molecule has 0 radical (unpaired) electrons. The fourth-order valence-electron chi connectivity index (χ4n) is 2.45. The van der Waals surface area contributed by atoms with Crippen LogP contribution in [0.15, 0.2) is 36.4 Å². The average Bonchev–Trinajstić information content (AvgIpc) is 2.57. The van der Waals surface area contributed by atoms with Crippen molar-refractivity contribution in [2.75, 3.05) is 23.0 Å². The minimum absolute atomic E-state index is 0.183. The molecule has 146 valence electrons. The van der Waals surface area contributed by atoms with Crippen LogP contribution in [-0.4, -0.2) is 33.7 Å². The largest absolute Gasteiger partial charge is 0.495 e. The Balaban J connectivity index is 2.38. The maximum atomic E-state index is 13.6. The van der Waals surface area contributed by atoms with Crippen LogP contribution in [0.1, 0.15) is 6.92 Å². The zero-order valence-corrected chi connectivity index (χ0v) is 16.2. The Morgan fingerprint density at radius 1 is 1.19 bits per heavy atom. The highest BCUT2D eigenvalue weighted by molar-refractivity contribution is 7.92. The third kappa shape index (κ3) is 4.86. The number of hydrogen-bond donors (Lipinski definition) is 1. The van der Waals surface area contributed by atoms with Crippen molar-refractivity contribution >= 4 is 38.9 Å². The Labute approximate surface area is 160 Å². The first kappa shape index (κ1) is 20.9. The van der Waals surface area contributed by atoms with E-state index in [1.807, 2.05) is 0 Å². The predicted octanol–water partition coefficient (Wildman–Crippen LogP) is 3.42. The lowest BCUT2D eigenvalue weighted by atomic mass is 10.2. The van der Waals surface area contributed by atoms with Crippen LogP contribution < -0.4 is 14.4 Å². The molecule has 0 aliphatic rings. The molecule has 1 atom stereocenters. The summed E-state index contributed by atoms with van der Waals surface area (Å²) in [5.41, 5.74) is 0.0534. The molecule has 0 heterocycles. The number of halogens is 3. The molecule has 0 aromatic heterocycles. The van der Waals surface area contributed by atoms with Crippen molar-refractivity contribution in [1.29, 1.82) is 0 Å². The molecule has 2 aromatic carbocycles. The number of methoxy groups -OCH3 is 1. The van der Waals surface area contributed by atoms with Crippen LogP contribution in [0.3, 0.4) is 0 Å². The smallest absolute Gasteiger partial charge is 0.248 e. The van der Waals surface area contributed by atoms with Crippen LogP contribution in [0.2, 0.25) is 5.02 Å². The first-order valence-electron chi connectivity index (χ1n) is 7.63. The van der Waals surface area contributed by atoms with Crippen LogP contribution in [0, 0.1) is 11.6 Å². The fraction of sp³-hybridized carbons (Fsp3) is 0.235. The molecule has 0 saturated carbocycles. The normalized spacial score (nSPS) is 12.4. The van der Waals surface area contributed by atoms with Gasteiger partial charge in [-0.05, 0) is 37.3 Å². The second-order valence-corrected chi connectivity index (χ2v) is 7.96. The number of rotatable bonds is 6. The Bertz CT molecular complexity index is 969. The van der Waals surface area contributed by atoms with Crippen molar-refractivity contribution in [1.82, 2.24) is 0 Å². The second-order valence-electron chi connectivity index (χ2n) is 5.67. The van der Waals surface area contributed by atoms with Crippen LogP contribution in [0.4, 0.5) is 20.2 Å². The van der Waals surface area contributed by atoms with Gasteiger partial charge in [-0.25, -0.2) is 17.2 Å². The number of anilines is 2. The highest BCUT2D eigenvalue weighted by atomic mass is 35.5. The van der Waals surface area contributed by atoms with Crippen LogP contribution in [0.5, 0.6) is 5.75 Å². The first-order valence-corrected chi connectivity index (χ1v) is 9.86. The van der Waals surface area contributed by atoms with Gasteiger partial charge >= 0.3 is 0 Å². The summed E-state index contributed by atoms with van der Waals surface area (Å²) >= 11 is 5.91. The summed E-state index contributed by atoms with van der Waals surface area (Å²) in [5, 5.41) is 2.86. The minimum atomic E-state index is -3.98. The summed E-state index contributed by atoms with van der Waals surface area (Å²) < 4.78 is 56.9. The first-order chi connectivity index (χ1) is 12.5. The number of nitrogens with zero attached hydrogens (tertiary/aromatic N) is 1. The molecule has 2 rings (SSSR count). The van der Waals surface area contributed by atoms with Crippen LogP contribution >= 0.6 is 11.6 Å². The highest BCUT2D eigenvalue weighted by Crippen LogP contribution is 2.29. The van der Waals surface area contributed by atoms with Gasteiger partial charge in [0.05, 0.1) is 24.7 Å². The van der Waals surface area contributed by atoms with E-state index in [0.29, 0.717) is 21.1 Å². The van der Waals surface area contributed by atoms with E-state index in [0.717, 1.165) is 18.4 Å². The molecule has 2 aromatic rings. The monoisotopic (exact) mass is 418 g/mol. The van der Waals surface area contributed by atoms with E-state index in [-0.39, 0.29) is 11.4 Å². The number of carbonyl (C=O) groups is 1. The molecule has 0 aliphatic carbocycles. The molecule has 1 N–H and O–H groups in total. The van der Waals surface area contributed by atoms with Crippen LogP contribution in [0.25, 0.3) is 0 Å². The van der Waals surface area contributed by atoms with Gasteiger partial charge in [0, 0.05) is 11.1 Å². The van der Waals surface area contributed by atoms with E-state index in [4.69, 9.17) is 16.3 Å². The van der Waals surface area contributed by atoms with Crippen molar-refractivity contribution < 1.29 is 26.7 Å². The summed E-state index contributed by atoms with van der Waals surface area (Å²) in [7, 11) is -2.59. The number of ether oxygens (including phenoxy) is 1. The summed E-state index contributed by atoms with van der Waals surface area (Å²) in [6, 6.07) is 5.83. The Kier molecular flexibility index (Phi) is 6.27. The van der Waals surface area contributed by atoms with Gasteiger partial charge < -0.3 is 10.1 Å². The maximum absolute atomic E-state index is 13.6. The topological polar surface area (TPSA) is 75.7 Å². The van der Waals surface area contributed by atoms with Gasteiger partial charge in [-0.2, -0.15) is 0 Å². The number of hydrogen-bond acceptors (Lipinski definition) is 4. The fourth-order valence-corrected chi connectivity index (χ4v) is 3.78. The number of sulfonamides is 1. The zero-order valence-electron chi connectivity index (χ0n) is 14.7. The average molecular weight is 419 g/mol. The van der Waals surface area contributed by atoms with Crippen molar-refractivity contribution in [3.05, 3.63) is 53.1 Å². The van der Waals surface area contributed by atoms with Gasteiger partial charge in [0.2, 0.25) is 15.9 Å². The van der Waals surface area contributed by atoms with Gasteiger partial charge in [-0.1, -0.05) is 11.6 Å². The van der Waals surface area contributed by atoms with E-state index in [1.54, 1.807) is 6.07 Å². The number of amides is 1. The predicted molar refractivity (Wildman–Crippen MR) is 99.8 cm³/mol. The van der Waals surface area contributed by atoms with Gasteiger partial charge in [0.1, 0.15) is 11.8 Å². The summed E-state index contributed by atoms with van der Waals surface area (Å²) in [5.74, 6) is -2.76. The van der Waals surface area contributed by atoms with Crippen molar-refractivity contribution in [3.8, 4) is 5.75 Å². The molecule has 0 unspecified atom stereocenters. The zero-order chi connectivity index (χ0) is 20.4. The number of nitrogens with one attached hydrogen (secondary N) is 1. The minimum Gasteiger partial charge on any atom is -0.495 e. The molecular formula is C17H17ClF2N2O4S. The van der Waals surface area contributed by atoms with E-state index in [1.165, 1.54) is 26.2 Å². The summed E-state index contributed by atoms with van der Waals surface area (Å²) in [6.07, 6.45) is 0.859. The van der Waals surface area contributed by atoms with Crippen molar-refractivity contribution in [2.45, 2.75) is 13.0 Å². The molecule has 10 heteroatoms. The maximum Gasteiger partial charge on any atom is 0.248 e. The Hall–Kier alpha value is -2.39. The Morgan fingerprint density at radius 3 is 2.41 bits per heavy atom. The van der Waals surface area contributed by atoms with Gasteiger partial charge in [-0.3, -0.25) is 9.10 Å². The van der Waals surface area contributed by atoms with Crippen molar-refractivity contribution in [2.24, 2.45) is 0 Å². The van der Waals surface area contributed by atoms with Gasteiger partial charge in [0.15, 0.2) is 11.6 Å². The molecule has 0 bridgehead atoms. The molecule has 0 fully saturated rings. The molecule has 0 spiro atoms. The SMILES string of the molecule is COc1ccc(Cl)cc1NC(=O)[C@@H](C)N(c1ccc(F)c(F)c1)S(C)(=O)=O. The van der Waals surface area contributed by atoms with E-state index >= 15 is 0 Å². The third-order valence-electron chi connectivity index (χ3n) is 3.67. The lowest BCUT2D eigenvalue weighted by Gasteiger charge is -2.28. The third-order valence-corrected chi connectivity index (χ3v) is 5.14. The van der Waals surface area contributed by atoms with E-state index in [9.17, 15) is 22.0 Å². The van der Waals surface area contributed by atoms with Gasteiger partial charge in [-0.15, -0.1) is 0 Å². The lowest BCUT2D eigenvalue weighted by Crippen LogP contribution is -2.45. The molecule has 0 saturated heterocycles.